The van der Waals surface area contributed by atoms with E-state index in [1.54, 1.807) is 37.3 Å². The Kier molecular flexibility index (Phi) is 6.08. The van der Waals surface area contributed by atoms with Gasteiger partial charge in [0.15, 0.2) is 0 Å². The van der Waals surface area contributed by atoms with Gasteiger partial charge in [0.2, 0.25) is 25.8 Å². The molecule has 0 aliphatic rings. The van der Waals surface area contributed by atoms with E-state index in [4.69, 9.17) is 4.42 Å². The highest BCUT2D eigenvalue weighted by Gasteiger charge is 2.22. The lowest BCUT2D eigenvalue weighted by molar-refractivity contribution is 0.393. The van der Waals surface area contributed by atoms with Crippen LogP contribution in [0.4, 0.5) is 0 Å². The van der Waals surface area contributed by atoms with Crippen LogP contribution in [0.2, 0.25) is 0 Å². The first-order valence-electron chi connectivity index (χ1n) is 7.39. The predicted molar refractivity (Wildman–Crippen MR) is 87.4 cm³/mol. The van der Waals surface area contributed by atoms with E-state index in [1.807, 2.05) is 0 Å². The van der Waals surface area contributed by atoms with Crippen molar-refractivity contribution < 1.29 is 21.3 Å². The second-order valence-corrected chi connectivity index (χ2v) is 9.07. The number of aromatic nitrogens is 2. The lowest BCUT2D eigenvalue weighted by atomic mass is 10.2. The van der Waals surface area contributed by atoms with Crippen LogP contribution < -0.4 is 4.72 Å². The lowest BCUT2D eigenvalue weighted by Crippen LogP contribution is -2.26. The van der Waals surface area contributed by atoms with E-state index in [1.165, 1.54) is 0 Å². The standard InChI is InChI=1S/C14H19N3O5S2/c1-2-24(20,21)15-10-6-9-13-16-17-14(22-13)23(18,19)11-12-7-4-3-5-8-12/h3-5,7-8,15H,2,6,9-11H2,1H3. The molecule has 1 N–H and O–H groups in total. The van der Waals surface area contributed by atoms with Gasteiger partial charge in [0.05, 0.1) is 11.5 Å². The molecule has 0 amide bonds. The number of benzene rings is 1. The highest BCUT2D eigenvalue weighted by atomic mass is 32.2. The van der Waals surface area contributed by atoms with E-state index in [0.717, 1.165) is 0 Å². The summed E-state index contributed by atoms with van der Waals surface area (Å²) in [5.74, 6) is -0.0429. The van der Waals surface area contributed by atoms with Gasteiger partial charge >= 0.3 is 5.22 Å². The summed E-state index contributed by atoms with van der Waals surface area (Å²) in [5, 5.41) is 6.87. The Morgan fingerprint density at radius 2 is 1.79 bits per heavy atom. The highest BCUT2D eigenvalue weighted by molar-refractivity contribution is 7.90. The lowest BCUT2D eigenvalue weighted by Gasteiger charge is -2.02. The maximum Gasteiger partial charge on any atom is 0.335 e. The fourth-order valence-electron chi connectivity index (χ4n) is 1.89. The Morgan fingerprint density at radius 3 is 2.46 bits per heavy atom. The molecule has 2 rings (SSSR count). The molecule has 0 saturated carbocycles. The van der Waals surface area contributed by atoms with Crippen LogP contribution in [0.25, 0.3) is 0 Å². The fourth-order valence-corrected chi connectivity index (χ4v) is 3.69. The summed E-state index contributed by atoms with van der Waals surface area (Å²) in [7, 11) is -6.94. The first kappa shape index (κ1) is 18.6. The van der Waals surface area contributed by atoms with Crippen molar-refractivity contribution in [2.45, 2.75) is 30.7 Å². The molecule has 0 unspecified atom stereocenters. The van der Waals surface area contributed by atoms with Crippen molar-refractivity contribution in [3.05, 3.63) is 41.8 Å². The van der Waals surface area contributed by atoms with E-state index in [9.17, 15) is 16.8 Å². The molecule has 24 heavy (non-hydrogen) atoms. The summed E-state index contributed by atoms with van der Waals surface area (Å²) in [6.07, 6.45) is 0.722. The van der Waals surface area contributed by atoms with E-state index in [2.05, 4.69) is 14.9 Å². The smallest absolute Gasteiger partial charge is 0.335 e. The minimum atomic E-state index is -3.70. The topological polar surface area (TPSA) is 119 Å². The predicted octanol–water partition coefficient (Wildman–Crippen LogP) is 0.915. The van der Waals surface area contributed by atoms with Crippen molar-refractivity contribution in [1.82, 2.24) is 14.9 Å². The Bertz CT molecular complexity index is 861. The minimum Gasteiger partial charge on any atom is -0.413 e. The maximum absolute atomic E-state index is 12.2. The second kappa shape index (κ2) is 7.86. The third-order valence-electron chi connectivity index (χ3n) is 3.18. The molecule has 1 aromatic heterocycles. The Labute approximate surface area is 141 Å². The van der Waals surface area contributed by atoms with Gasteiger partial charge in [-0.1, -0.05) is 35.4 Å². The molecule has 0 atom stereocenters. The zero-order chi connectivity index (χ0) is 17.6. The summed E-state index contributed by atoms with van der Waals surface area (Å²) in [4.78, 5) is 0. The fraction of sp³-hybridized carbons (Fsp3) is 0.429. The number of nitrogens with zero attached hydrogens (tertiary/aromatic N) is 2. The van der Waals surface area contributed by atoms with Crippen molar-refractivity contribution in [1.29, 1.82) is 0 Å². The van der Waals surface area contributed by atoms with Gasteiger partial charge in [0.1, 0.15) is 0 Å². The molecule has 0 fully saturated rings. The summed E-state index contributed by atoms with van der Waals surface area (Å²) in [6, 6.07) is 8.71. The number of hydrogen-bond donors (Lipinski definition) is 1. The molecule has 10 heteroatoms. The first-order valence-corrected chi connectivity index (χ1v) is 10.7. The normalized spacial score (nSPS) is 12.4. The summed E-state index contributed by atoms with van der Waals surface area (Å²) < 4.78 is 54.6. The quantitative estimate of drug-likeness (QED) is 0.649. The van der Waals surface area contributed by atoms with Gasteiger partial charge in [0, 0.05) is 13.0 Å². The molecule has 1 aromatic carbocycles. The van der Waals surface area contributed by atoms with Gasteiger partial charge in [-0.2, -0.15) is 0 Å². The summed E-state index contributed by atoms with van der Waals surface area (Å²) in [5.41, 5.74) is 0.631. The molecule has 8 nitrogen and oxygen atoms in total. The second-order valence-electron chi connectivity index (χ2n) is 5.11. The van der Waals surface area contributed by atoms with Crippen LogP contribution in [0, 0.1) is 0 Å². The Morgan fingerprint density at radius 1 is 1.08 bits per heavy atom. The van der Waals surface area contributed by atoms with Crippen LogP contribution >= 0.6 is 0 Å². The molecular weight excluding hydrogens is 354 g/mol. The number of nitrogens with one attached hydrogen (secondary N) is 1. The van der Waals surface area contributed by atoms with Gasteiger partial charge in [-0.3, -0.25) is 0 Å². The van der Waals surface area contributed by atoms with Gasteiger partial charge in [0.25, 0.3) is 0 Å². The summed E-state index contributed by atoms with van der Waals surface area (Å²) in [6.45, 7) is 1.77. The molecule has 0 aliphatic carbocycles. The average molecular weight is 373 g/mol. The monoisotopic (exact) mass is 373 g/mol. The number of aryl methyl sites for hydroxylation is 1. The number of rotatable bonds is 9. The maximum atomic E-state index is 12.2. The van der Waals surface area contributed by atoms with Gasteiger partial charge in [-0.25, -0.2) is 21.6 Å². The third kappa shape index (κ3) is 5.39. The molecule has 0 spiro atoms. The molecule has 1 heterocycles. The van der Waals surface area contributed by atoms with Crippen LogP contribution in [0.15, 0.2) is 40.0 Å². The molecule has 0 radical (unpaired) electrons. The Balaban J connectivity index is 1.92. The third-order valence-corrected chi connectivity index (χ3v) is 6.00. The molecule has 0 aliphatic heterocycles. The number of sulfone groups is 1. The highest BCUT2D eigenvalue weighted by Crippen LogP contribution is 2.15. The van der Waals surface area contributed by atoms with Gasteiger partial charge in [-0.15, -0.1) is 5.10 Å². The summed E-state index contributed by atoms with van der Waals surface area (Å²) >= 11 is 0. The van der Waals surface area contributed by atoms with E-state index < -0.39 is 25.1 Å². The van der Waals surface area contributed by atoms with Crippen molar-refractivity contribution >= 4 is 19.9 Å². The van der Waals surface area contributed by atoms with Crippen LogP contribution in [0.5, 0.6) is 0 Å². The van der Waals surface area contributed by atoms with Crippen LogP contribution in [0.1, 0.15) is 24.8 Å². The van der Waals surface area contributed by atoms with Crippen LogP contribution in [-0.4, -0.2) is 39.3 Å². The van der Waals surface area contributed by atoms with Crippen molar-refractivity contribution in [3.8, 4) is 0 Å². The van der Waals surface area contributed by atoms with Gasteiger partial charge in [-0.05, 0) is 18.9 Å². The molecular formula is C14H19N3O5S2. The van der Waals surface area contributed by atoms with Crippen LogP contribution in [0.3, 0.4) is 0 Å². The first-order chi connectivity index (χ1) is 11.3. The number of sulfonamides is 1. The molecule has 2 aromatic rings. The van der Waals surface area contributed by atoms with Crippen molar-refractivity contribution in [2.75, 3.05) is 12.3 Å². The molecule has 132 valence electrons. The van der Waals surface area contributed by atoms with Gasteiger partial charge < -0.3 is 4.42 Å². The molecule has 0 bridgehead atoms. The average Bonchev–Trinajstić information content (AvgIpc) is 3.02. The van der Waals surface area contributed by atoms with Crippen molar-refractivity contribution in [3.63, 3.8) is 0 Å². The Hall–Kier alpha value is -1.78. The molecule has 0 saturated heterocycles. The van der Waals surface area contributed by atoms with E-state index in [-0.39, 0.29) is 23.9 Å². The van der Waals surface area contributed by atoms with Crippen LogP contribution in [-0.2, 0) is 32.0 Å². The SMILES string of the molecule is CCS(=O)(=O)NCCCc1nnc(S(=O)(=O)Cc2ccccc2)o1. The largest absolute Gasteiger partial charge is 0.413 e. The minimum absolute atomic E-state index is 0.00936. The van der Waals surface area contributed by atoms with Crippen molar-refractivity contribution in [2.24, 2.45) is 0 Å². The zero-order valence-corrected chi connectivity index (χ0v) is 14.8. The van der Waals surface area contributed by atoms with E-state index in [0.29, 0.717) is 18.4 Å². The van der Waals surface area contributed by atoms with E-state index >= 15 is 0 Å². The number of hydrogen-bond acceptors (Lipinski definition) is 7. The zero-order valence-electron chi connectivity index (χ0n) is 13.2.